The maximum Gasteiger partial charge on any atom is 0.412 e. The van der Waals surface area contributed by atoms with E-state index >= 15 is 0 Å². The van der Waals surface area contributed by atoms with Gasteiger partial charge in [0.1, 0.15) is 17.5 Å². The minimum atomic E-state index is -1.51. The monoisotopic (exact) mass is 1600 g/mol. The Morgan fingerprint density at radius 2 is 0.701 bits per heavy atom. The Labute approximate surface area is 691 Å². The van der Waals surface area contributed by atoms with Crippen molar-refractivity contribution in [3.8, 4) is 66.8 Å². The third kappa shape index (κ3) is 20.4. The van der Waals surface area contributed by atoms with Crippen LogP contribution in [0, 0.1) is 0 Å². The van der Waals surface area contributed by atoms with E-state index in [9.17, 15) is 34.2 Å². The molecule has 18 heteroatoms. The third-order valence-corrected chi connectivity index (χ3v) is 21.6. The summed E-state index contributed by atoms with van der Waals surface area (Å²) in [6.45, 7) is 21.4. The smallest absolute Gasteiger partial charge is 0.412 e. The number of anilines is 6. The molecule has 0 aliphatic heterocycles. The van der Waals surface area contributed by atoms with Crippen molar-refractivity contribution in [3.63, 3.8) is 0 Å². The van der Waals surface area contributed by atoms with Crippen molar-refractivity contribution in [3.05, 3.63) is 322 Å². The Kier molecular flexibility index (Phi) is 26.1. The maximum absolute atomic E-state index is 11.9. The molecular weight excluding hydrogens is 1500 g/mol. The standard InChI is InChI=1S/C19H19NO3.C18H19NO2.C17H21NOSi.C16H15NO2.C14H13NO.C13H11N.C2H3ClO/c1-19(2,3)23-18(22)20-12-8-9-15-13-6-4-5-7-14(13)17(11-21)16(15)10-12;1-18(2,3)21-17(20)19-14-8-9-16-13(11-14)10-12-6-4-5-7-15(12)16;1-20(2,3)19-11-17-14-7-5-4-6-13(14)15-9-8-12(18)10-16(15)17;1-10(19)17-11-6-7-14-12-4-2-3-5-13(12)16(9-18)15(14)8-11;15-9-5-6-12-10-3-1-2-4-11(10)14(8-16)13(12)7-9;14-11-5-6-13-10(8-11)7-9-3-1-2-4-12(9)13;1-2(3)4/h4-11,17H,1-3H3,(H,20,22);4-9,11H,10H2,1-3H3,(H,19,20);4-10,17H,11,18H2,1-3H3;2-8,16,18H,9H2,1H3,(H,17,19);1-7,14,16H,8,15H2;1-6,8H,7,14H2;1H3. The normalized spacial score (nSPS) is 14.8. The Bertz CT molecular complexity index is 5700. The average Bonchev–Trinajstić information content (AvgIpc) is 1.63. The van der Waals surface area contributed by atoms with Crippen molar-refractivity contribution >= 4 is 83.7 Å². The molecule has 0 saturated carbocycles. The fourth-order valence-electron chi connectivity index (χ4n) is 15.9. The minimum Gasteiger partial charge on any atom is -0.444 e. The highest BCUT2D eigenvalue weighted by Gasteiger charge is 2.34. The first-order valence-corrected chi connectivity index (χ1v) is 43.0. The number of nitrogens with one attached hydrogen (secondary N) is 3. The average molecular weight is 1600 g/mol. The van der Waals surface area contributed by atoms with Gasteiger partial charge < -0.3 is 51.4 Å². The van der Waals surface area contributed by atoms with Gasteiger partial charge in [-0.15, -0.1) is 0 Å². The highest BCUT2D eigenvalue weighted by atomic mass is 35.5. The van der Waals surface area contributed by atoms with Crippen LogP contribution in [0.2, 0.25) is 19.6 Å². The largest absolute Gasteiger partial charge is 0.444 e. The van der Waals surface area contributed by atoms with Gasteiger partial charge in [0, 0.05) is 72.3 Å². The van der Waals surface area contributed by atoms with E-state index in [1.54, 1.807) is 0 Å². The van der Waals surface area contributed by atoms with Crippen molar-refractivity contribution in [2.45, 2.75) is 123 Å². The fourth-order valence-corrected chi connectivity index (χ4v) is 16.5. The summed E-state index contributed by atoms with van der Waals surface area (Å²) >= 11 is 4.64. The van der Waals surface area contributed by atoms with Crippen LogP contribution in [-0.2, 0) is 41.1 Å². The summed E-state index contributed by atoms with van der Waals surface area (Å²) in [4.78, 5) is 55.6. The van der Waals surface area contributed by atoms with E-state index in [1.165, 1.54) is 103 Å². The van der Waals surface area contributed by atoms with Crippen molar-refractivity contribution in [2.75, 3.05) is 53.0 Å². The molecule has 3 amide bonds. The summed E-state index contributed by atoms with van der Waals surface area (Å²) in [5, 5.41) is 27.1. The number of aliphatic hydroxyl groups excluding tert-OH is 2. The lowest BCUT2D eigenvalue weighted by atomic mass is 9.98. The number of fused-ring (bicyclic) bond motifs is 18. The van der Waals surface area contributed by atoms with E-state index < -0.39 is 31.7 Å². The van der Waals surface area contributed by atoms with Crippen molar-refractivity contribution in [1.82, 2.24) is 0 Å². The molecule has 16 nitrogen and oxygen atoms in total. The predicted molar refractivity (Wildman–Crippen MR) is 478 cm³/mol. The SMILES string of the molecule is CC(=O)Cl.CC(=O)Nc1ccc2c(c1)C(CO)c1ccccc1-2.CC(C)(C)OC(=O)Nc1ccc2c(c1)C(C=O)c1ccccc1-2.CC(C)(C)OC(=O)Nc1ccc2c(c1)Cc1ccccc1-2.C[Si](C)(C)OCC1c2ccccc2-c2ccc(N)cc21.Nc1ccc2c(c1)C(CO)c1ccccc1-2.Nc1ccc2c(c1)Cc1ccccc1-2. The number of carbonyl (C=O) groups is 5. The molecule has 0 radical (unpaired) electrons. The van der Waals surface area contributed by atoms with Gasteiger partial charge in [-0.05, 0) is 292 Å². The van der Waals surface area contributed by atoms with E-state index in [2.05, 4.69) is 169 Å². The number of hydrogen-bond donors (Lipinski definition) is 8. The summed E-state index contributed by atoms with van der Waals surface area (Å²) in [6.07, 6.45) is 1.96. The van der Waals surface area contributed by atoms with Gasteiger partial charge in [0.05, 0.1) is 19.1 Å². The maximum atomic E-state index is 11.9. The zero-order valence-electron chi connectivity index (χ0n) is 67.9. The summed E-state index contributed by atoms with van der Waals surface area (Å²) in [7, 11) is -1.51. The van der Waals surface area contributed by atoms with Crippen LogP contribution in [0.3, 0.4) is 0 Å². The minimum absolute atomic E-state index is 0.0000850. The molecule has 0 bridgehead atoms. The van der Waals surface area contributed by atoms with Gasteiger partial charge in [-0.1, -0.05) is 182 Å². The fraction of sp³-hybridized carbons (Fsp3) is 0.222. The molecule has 117 heavy (non-hydrogen) atoms. The van der Waals surface area contributed by atoms with Crippen LogP contribution < -0.4 is 33.2 Å². The number of aliphatic hydroxyl groups is 2. The first-order chi connectivity index (χ1) is 55.9. The molecule has 11 N–H and O–H groups in total. The Balaban J connectivity index is 0.000000129. The van der Waals surface area contributed by atoms with Gasteiger partial charge in [0.25, 0.3) is 0 Å². The second-order valence-electron chi connectivity index (χ2n) is 32.6. The first kappa shape index (κ1) is 84.2. The molecule has 6 aliphatic rings. The lowest BCUT2D eigenvalue weighted by Gasteiger charge is -2.22. The number of amides is 3. The van der Waals surface area contributed by atoms with Crippen LogP contribution in [0.4, 0.5) is 43.7 Å². The number of nitrogens with two attached hydrogens (primary N) is 3. The van der Waals surface area contributed by atoms with Gasteiger partial charge >= 0.3 is 12.2 Å². The van der Waals surface area contributed by atoms with Gasteiger partial charge in [0.15, 0.2) is 8.32 Å². The van der Waals surface area contributed by atoms with Gasteiger partial charge in [-0.3, -0.25) is 20.2 Å². The number of rotatable bonds is 9. The van der Waals surface area contributed by atoms with E-state index in [0.717, 1.165) is 98.7 Å². The predicted octanol–water partition coefficient (Wildman–Crippen LogP) is 21.9. The zero-order valence-corrected chi connectivity index (χ0v) is 69.7. The number of nitrogen functional groups attached to an aromatic ring is 3. The third-order valence-electron chi connectivity index (χ3n) is 20.6. The molecule has 4 atom stereocenters. The molecule has 0 aromatic heterocycles. The summed E-state index contributed by atoms with van der Waals surface area (Å²) < 4.78 is 16.7. The summed E-state index contributed by atoms with van der Waals surface area (Å²) in [6, 6.07) is 85.6. The van der Waals surface area contributed by atoms with E-state index in [4.69, 9.17) is 31.1 Å². The molecule has 12 aromatic rings. The van der Waals surface area contributed by atoms with Gasteiger partial charge in [-0.2, -0.15) is 0 Å². The lowest BCUT2D eigenvalue weighted by Crippen LogP contribution is -2.27. The van der Waals surface area contributed by atoms with Crippen LogP contribution >= 0.6 is 11.6 Å². The number of carbonyl (C=O) groups excluding carboxylic acids is 5. The van der Waals surface area contributed by atoms with Crippen LogP contribution in [0.15, 0.2) is 255 Å². The van der Waals surface area contributed by atoms with Crippen LogP contribution in [-0.4, -0.2) is 79.2 Å². The number of benzene rings is 12. The molecule has 0 fully saturated rings. The number of hydrogen-bond acceptors (Lipinski definition) is 13. The second kappa shape index (κ2) is 36.3. The van der Waals surface area contributed by atoms with Crippen LogP contribution in [0.5, 0.6) is 0 Å². The zero-order chi connectivity index (χ0) is 83.6. The highest BCUT2D eigenvalue weighted by Crippen LogP contribution is 2.50. The summed E-state index contributed by atoms with van der Waals surface area (Å²) in [5.41, 5.74) is 50.3. The van der Waals surface area contributed by atoms with Crippen LogP contribution in [0.1, 0.15) is 146 Å². The topological polar surface area (TPSA) is 268 Å². The lowest BCUT2D eigenvalue weighted by molar-refractivity contribution is -0.114. The molecule has 0 spiro atoms. The number of ether oxygens (including phenoxy) is 2. The van der Waals surface area contributed by atoms with Crippen LogP contribution in [0.25, 0.3) is 66.8 Å². The molecule has 598 valence electrons. The first-order valence-electron chi connectivity index (χ1n) is 39.2. The number of halogens is 1. The molecule has 18 rings (SSSR count). The molecule has 0 heterocycles. The van der Waals surface area contributed by atoms with Crippen molar-refractivity contribution in [2.24, 2.45) is 0 Å². The van der Waals surface area contributed by atoms with Crippen molar-refractivity contribution in [1.29, 1.82) is 0 Å². The molecular formula is C99H101ClN6O10Si. The van der Waals surface area contributed by atoms with Gasteiger partial charge in [-0.25, -0.2) is 9.59 Å². The van der Waals surface area contributed by atoms with E-state index in [-0.39, 0.29) is 42.1 Å². The second-order valence-corrected chi connectivity index (χ2v) is 37.6. The molecule has 6 aliphatic carbocycles. The number of aldehydes is 1. The van der Waals surface area contributed by atoms with E-state index in [0.29, 0.717) is 11.6 Å². The highest BCUT2D eigenvalue weighted by molar-refractivity contribution is 6.69. The Morgan fingerprint density at radius 1 is 0.393 bits per heavy atom. The molecule has 0 saturated heterocycles. The summed E-state index contributed by atoms with van der Waals surface area (Å²) in [5.74, 6) is 0.0172. The van der Waals surface area contributed by atoms with E-state index in [1.807, 2.05) is 175 Å². The quantitative estimate of drug-likeness (QED) is 0.0290. The van der Waals surface area contributed by atoms with Crippen molar-refractivity contribution < 1.29 is 48.1 Å². The molecule has 12 aromatic carbocycles. The van der Waals surface area contributed by atoms with Gasteiger partial charge in [0.2, 0.25) is 11.1 Å². The molecule has 4 unspecified atom stereocenters. The Hall–Kier alpha value is -12.2. The Morgan fingerprint density at radius 3 is 1.13 bits per heavy atom.